The van der Waals surface area contributed by atoms with Gasteiger partial charge in [-0.25, -0.2) is 0 Å². The quantitative estimate of drug-likeness (QED) is 0.813. The SMILES string of the molecule is CCCc1cn(CC)c2cccc(O)c12. The van der Waals surface area contributed by atoms with Gasteiger partial charge in [-0.2, -0.15) is 0 Å². The average Bonchev–Trinajstić information content (AvgIpc) is 2.59. The number of aromatic nitrogens is 1. The number of benzene rings is 1. The van der Waals surface area contributed by atoms with Gasteiger partial charge in [0, 0.05) is 18.1 Å². The Hall–Kier alpha value is -1.44. The maximum atomic E-state index is 9.87. The van der Waals surface area contributed by atoms with Crippen molar-refractivity contribution in [3.8, 4) is 5.75 Å². The zero-order chi connectivity index (χ0) is 10.8. The minimum absolute atomic E-state index is 0.406. The van der Waals surface area contributed by atoms with Crippen LogP contribution in [0.15, 0.2) is 24.4 Å². The van der Waals surface area contributed by atoms with Gasteiger partial charge in [0.15, 0.2) is 0 Å². The summed E-state index contributed by atoms with van der Waals surface area (Å²) in [5.74, 6) is 0.406. The van der Waals surface area contributed by atoms with E-state index in [0.717, 1.165) is 30.3 Å². The summed E-state index contributed by atoms with van der Waals surface area (Å²) in [6.07, 6.45) is 4.30. The molecule has 0 saturated heterocycles. The molecule has 0 atom stereocenters. The van der Waals surface area contributed by atoms with Crippen LogP contribution >= 0.6 is 0 Å². The number of nitrogens with zero attached hydrogens (tertiary/aromatic N) is 1. The molecule has 0 spiro atoms. The summed E-state index contributed by atoms with van der Waals surface area (Å²) in [6, 6.07) is 5.73. The van der Waals surface area contributed by atoms with Crippen molar-refractivity contribution in [3.63, 3.8) is 0 Å². The molecule has 0 saturated carbocycles. The second-order valence-corrected chi connectivity index (χ2v) is 3.86. The number of aryl methyl sites for hydroxylation is 2. The van der Waals surface area contributed by atoms with Crippen molar-refractivity contribution in [2.75, 3.05) is 0 Å². The Morgan fingerprint density at radius 3 is 2.73 bits per heavy atom. The van der Waals surface area contributed by atoms with Crippen LogP contribution in [-0.2, 0) is 13.0 Å². The number of hydrogen-bond donors (Lipinski definition) is 1. The monoisotopic (exact) mass is 203 g/mol. The van der Waals surface area contributed by atoms with E-state index in [9.17, 15) is 5.11 Å². The van der Waals surface area contributed by atoms with Gasteiger partial charge in [-0.3, -0.25) is 0 Å². The lowest BCUT2D eigenvalue weighted by molar-refractivity contribution is 0.481. The first kappa shape index (κ1) is 10.1. The van der Waals surface area contributed by atoms with E-state index in [4.69, 9.17) is 0 Å². The van der Waals surface area contributed by atoms with Gasteiger partial charge in [0.1, 0.15) is 5.75 Å². The van der Waals surface area contributed by atoms with E-state index in [1.54, 1.807) is 6.07 Å². The van der Waals surface area contributed by atoms with Crippen LogP contribution in [0, 0.1) is 0 Å². The minimum atomic E-state index is 0.406. The molecule has 1 aromatic heterocycles. The summed E-state index contributed by atoms with van der Waals surface area (Å²) in [4.78, 5) is 0. The summed E-state index contributed by atoms with van der Waals surface area (Å²) in [6.45, 7) is 5.23. The number of rotatable bonds is 3. The third-order valence-electron chi connectivity index (χ3n) is 2.82. The Bertz CT molecular complexity index is 471. The zero-order valence-electron chi connectivity index (χ0n) is 9.33. The summed E-state index contributed by atoms with van der Waals surface area (Å²) in [5, 5.41) is 10.9. The molecule has 2 nitrogen and oxygen atoms in total. The maximum absolute atomic E-state index is 9.87. The summed E-state index contributed by atoms with van der Waals surface area (Å²) in [5.41, 5.74) is 2.40. The molecule has 0 aliphatic rings. The molecule has 0 fully saturated rings. The normalized spacial score (nSPS) is 11.1. The molecular weight excluding hydrogens is 186 g/mol. The van der Waals surface area contributed by atoms with E-state index in [-0.39, 0.29) is 0 Å². The van der Waals surface area contributed by atoms with E-state index >= 15 is 0 Å². The molecule has 1 heterocycles. The number of phenols is 1. The van der Waals surface area contributed by atoms with Crippen LogP contribution < -0.4 is 0 Å². The largest absolute Gasteiger partial charge is 0.507 e. The standard InChI is InChI=1S/C13H17NO/c1-3-6-10-9-14(4-2)11-7-5-8-12(15)13(10)11/h5,7-9,15H,3-4,6H2,1-2H3. The average molecular weight is 203 g/mol. The zero-order valence-corrected chi connectivity index (χ0v) is 9.33. The van der Waals surface area contributed by atoms with Gasteiger partial charge in [-0.1, -0.05) is 19.4 Å². The van der Waals surface area contributed by atoms with Gasteiger partial charge in [-0.15, -0.1) is 0 Å². The Balaban J connectivity index is 2.70. The summed E-state index contributed by atoms with van der Waals surface area (Å²) in [7, 11) is 0. The highest BCUT2D eigenvalue weighted by Gasteiger charge is 2.09. The van der Waals surface area contributed by atoms with Crippen LogP contribution in [0.3, 0.4) is 0 Å². The van der Waals surface area contributed by atoms with E-state index in [2.05, 4.69) is 30.7 Å². The van der Waals surface area contributed by atoms with Crippen LogP contribution in [-0.4, -0.2) is 9.67 Å². The second-order valence-electron chi connectivity index (χ2n) is 3.86. The Morgan fingerprint density at radius 1 is 1.27 bits per heavy atom. The third kappa shape index (κ3) is 1.60. The highest BCUT2D eigenvalue weighted by atomic mass is 16.3. The third-order valence-corrected chi connectivity index (χ3v) is 2.82. The van der Waals surface area contributed by atoms with Crippen molar-refractivity contribution in [3.05, 3.63) is 30.0 Å². The molecule has 0 aliphatic carbocycles. The Kier molecular flexibility index (Phi) is 2.67. The molecule has 1 aromatic carbocycles. The van der Waals surface area contributed by atoms with E-state index in [1.165, 1.54) is 5.56 Å². The lowest BCUT2D eigenvalue weighted by Crippen LogP contribution is -1.89. The first-order valence-corrected chi connectivity index (χ1v) is 5.57. The lowest BCUT2D eigenvalue weighted by atomic mass is 10.1. The molecule has 0 bridgehead atoms. The van der Waals surface area contributed by atoms with Crippen molar-refractivity contribution in [1.29, 1.82) is 0 Å². The number of aromatic hydroxyl groups is 1. The van der Waals surface area contributed by atoms with Crippen molar-refractivity contribution in [2.45, 2.75) is 33.2 Å². The van der Waals surface area contributed by atoms with Gasteiger partial charge in [0.05, 0.1) is 5.52 Å². The fourth-order valence-corrected chi connectivity index (χ4v) is 2.14. The highest BCUT2D eigenvalue weighted by molar-refractivity contribution is 5.89. The first-order valence-electron chi connectivity index (χ1n) is 5.57. The van der Waals surface area contributed by atoms with Gasteiger partial charge >= 0.3 is 0 Å². The van der Waals surface area contributed by atoms with Crippen molar-refractivity contribution >= 4 is 10.9 Å². The van der Waals surface area contributed by atoms with E-state index in [1.807, 2.05) is 6.07 Å². The number of fused-ring (bicyclic) bond motifs is 1. The van der Waals surface area contributed by atoms with Crippen LogP contribution in [0.4, 0.5) is 0 Å². The molecule has 2 heteroatoms. The lowest BCUT2D eigenvalue weighted by Gasteiger charge is -2.00. The van der Waals surface area contributed by atoms with Crippen LogP contribution in [0.1, 0.15) is 25.8 Å². The maximum Gasteiger partial charge on any atom is 0.125 e. The fraction of sp³-hybridized carbons (Fsp3) is 0.385. The number of hydrogen-bond acceptors (Lipinski definition) is 1. The summed E-state index contributed by atoms with van der Waals surface area (Å²) >= 11 is 0. The predicted molar refractivity (Wildman–Crippen MR) is 63.3 cm³/mol. The molecule has 80 valence electrons. The molecular formula is C13H17NO. The van der Waals surface area contributed by atoms with Gasteiger partial charge < -0.3 is 9.67 Å². The Morgan fingerprint density at radius 2 is 2.07 bits per heavy atom. The topological polar surface area (TPSA) is 25.2 Å². The second kappa shape index (κ2) is 3.97. The van der Waals surface area contributed by atoms with Crippen LogP contribution in [0.25, 0.3) is 10.9 Å². The highest BCUT2D eigenvalue weighted by Crippen LogP contribution is 2.30. The van der Waals surface area contributed by atoms with Crippen molar-refractivity contribution in [2.24, 2.45) is 0 Å². The molecule has 0 amide bonds. The molecule has 1 N–H and O–H groups in total. The fourth-order valence-electron chi connectivity index (χ4n) is 2.14. The number of phenolic OH excluding ortho intramolecular Hbond substituents is 1. The van der Waals surface area contributed by atoms with E-state index < -0.39 is 0 Å². The molecule has 0 aliphatic heterocycles. The molecule has 0 unspecified atom stereocenters. The van der Waals surface area contributed by atoms with Gasteiger partial charge in [-0.05, 0) is 31.0 Å². The molecule has 15 heavy (non-hydrogen) atoms. The minimum Gasteiger partial charge on any atom is -0.507 e. The van der Waals surface area contributed by atoms with Crippen molar-refractivity contribution < 1.29 is 5.11 Å². The predicted octanol–water partition coefficient (Wildman–Crippen LogP) is 3.32. The molecule has 0 radical (unpaired) electrons. The molecule has 2 aromatic rings. The van der Waals surface area contributed by atoms with Gasteiger partial charge in [0.2, 0.25) is 0 Å². The van der Waals surface area contributed by atoms with Crippen LogP contribution in [0.2, 0.25) is 0 Å². The Labute approximate surface area is 90.2 Å². The van der Waals surface area contributed by atoms with Crippen LogP contribution in [0.5, 0.6) is 5.75 Å². The smallest absolute Gasteiger partial charge is 0.125 e. The molecule has 2 rings (SSSR count). The van der Waals surface area contributed by atoms with E-state index in [0.29, 0.717) is 5.75 Å². The summed E-state index contributed by atoms with van der Waals surface area (Å²) < 4.78 is 2.19. The first-order chi connectivity index (χ1) is 7.27. The van der Waals surface area contributed by atoms with Gasteiger partial charge in [0.25, 0.3) is 0 Å². The van der Waals surface area contributed by atoms with Crippen molar-refractivity contribution in [1.82, 2.24) is 4.57 Å².